The normalized spacial score (nSPS) is 20.4. The van der Waals surface area contributed by atoms with Crippen LogP contribution in [0.5, 0.6) is 5.75 Å². The Morgan fingerprint density at radius 2 is 1.97 bits per heavy atom. The van der Waals surface area contributed by atoms with Gasteiger partial charge >= 0.3 is 6.09 Å². The minimum Gasteiger partial charge on any atom is -0.463 e. The molecule has 1 aliphatic rings. The number of hydrogen-bond acceptors (Lipinski definition) is 9. The molecule has 0 aliphatic carbocycles. The first-order valence-corrected chi connectivity index (χ1v) is 9.50. The van der Waals surface area contributed by atoms with Gasteiger partial charge < -0.3 is 41.4 Å². The van der Waals surface area contributed by atoms with E-state index >= 15 is 0 Å². The van der Waals surface area contributed by atoms with Crippen LogP contribution in [0.15, 0.2) is 18.2 Å². The number of nitrogens with two attached hydrogens (primary N) is 2. The maximum Gasteiger partial charge on any atom is 0.404 e. The smallest absolute Gasteiger partial charge is 0.404 e. The second-order valence-electron chi connectivity index (χ2n) is 6.88. The molecule has 170 valence electrons. The third-order valence-electron chi connectivity index (χ3n) is 4.31. The van der Waals surface area contributed by atoms with Crippen molar-refractivity contribution < 1.29 is 38.5 Å². The van der Waals surface area contributed by atoms with Crippen LogP contribution in [0, 0.1) is 0 Å². The number of carbonyl (C=O) groups is 4. The molecule has 0 spiro atoms. The predicted octanol–water partition coefficient (Wildman–Crippen LogP) is -0.871. The van der Waals surface area contributed by atoms with Crippen LogP contribution < -0.4 is 26.8 Å². The van der Waals surface area contributed by atoms with Gasteiger partial charge in [-0.3, -0.25) is 14.4 Å². The summed E-state index contributed by atoms with van der Waals surface area (Å²) in [5, 5.41) is 14.9. The van der Waals surface area contributed by atoms with Crippen LogP contribution in [0.1, 0.15) is 25.3 Å². The Hall–Kier alpha value is -3.22. The molecule has 0 radical (unpaired) electrons. The van der Waals surface area contributed by atoms with Gasteiger partial charge in [-0.1, -0.05) is 6.07 Å². The van der Waals surface area contributed by atoms with Crippen molar-refractivity contribution >= 4 is 29.4 Å². The number of ketones is 1. The fraction of sp³-hybridized carbons (Fsp3) is 0.474. The summed E-state index contributed by atoms with van der Waals surface area (Å²) in [5.74, 6) is -1.13. The fourth-order valence-electron chi connectivity index (χ4n) is 2.81. The number of anilines is 1. The molecule has 7 N–H and O–H groups in total. The van der Waals surface area contributed by atoms with Gasteiger partial charge in [0.15, 0.2) is 5.78 Å². The lowest BCUT2D eigenvalue weighted by molar-refractivity contribution is -0.181. The summed E-state index contributed by atoms with van der Waals surface area (Å²) in [6.07, 6.45) is -3.20. The van der Waals surface area contributed by atoms with Crippen LogP contribution in [0.3, 0.4) is 0 Å². The Labute approximate surface area is 178 Å². The van der Waals surface area contributed by atoms with E-state index in [9.17, 15) is 24.3 Å². The SMILES string of the molecule is CC(=O)C1CC(O)CC(Oc2ccc(COC(N)=O)cc2NC(=O)CNC(=O)CN)O1. The van der Waals surface area contributed by atoms with E-state index < -0.39 is 36.4 Å². The standard InChI is InChI=1S/C19H26N4O8/c1-10(24)15-5-12(25)6-18(31-15)30-14-3-2-11(9-29-19(21)28)4-13(14)23-17(27)8-22-16(26)7-20/h2-4,12,15,18,25H,5-9,20H2,1H3,(H2,21,28)(H,22,26)(H,23,27). The average Bonchev–Trinajstić information content (AvgIpc) is 2.71. The first-order valence-electron chi connectivity index (χ1n) is 9.50. The minimum absolute atomic E-state index is 0.121. The van der Waals surface area contributed by atoms with Crippen molar-refractivity contribution in [3.8, 4) is 5.75 Å². The lowest BCUT2D eigenvalue weighted by Crippen LogP contribution is -2.42. The molecule has 12 heteroatoms. The topological polar surface area (TPSA) is 192 Å². The lowest BCUT2D eigenvalue weighted by Gasteiger charge is -2.32. The van der Waals surface area contributed by atoms with Gasteiger partial charge in [0.2, 0.25) is 18.1 Å². The highest BCUT2D eigenvalue weighted by Crippen LogP contribution is 2.30. The van der Waals surface area contributed by atoms with E-state index in [1.165, 1.54) is 19.1 Å². The van der Waals surface area contributed by atoms with Gasteiger partial charge in [0.25, 0.3) is 0 Å². The van der Waals surface area contributed by atoms with Crippen molar-refractivity contribution in [1.29, 1.82) is 0 Å². The summed E-state index contributed by atoms with van der Waals surface area (Å²) >= 11 is 0. The average molecular weight is 438 g/mol. The Morgan fingerprint density at radius 1 is 1.23 bits per heavy atom. The Kier molecular flexibility index (Phi) is 8.73. The molecule has 1 aliphatic heterocycles. The Morgan fingerprint density at radius 3 is 2.61 bits per heavy atom. The van der Waals surface area contributed by atoms with Crippen LogP contribution in [0.25, 0.3) is 0 Å². The highest BCUT2D eigenvalue weighted by molar-refractivity contribution is 5.96. The van der Waals surface area contributed by atoms with E-state index in [1.807, 2.05) is 0 Å². The largest absolute Gasteiger partial charge is 0.463 e. The van der Waals surface area contributed by atoms with Gasteiger partial charge in [-0.2, -0.15) is 0 Å². The van der Waals surface area contributed by atoms with E-state index in [-0.39, 0.29) is 49.8 Å². The van der Waals surface area contributed by atoms with E-state index in [2.05, 4.69) is 10.6 Å². The van der Waals surface area contributed by atoms with Crippen molar-refractivity contribution in [3.05, 3.63) is 23.8 Å². The van der Waals surface area contributed by atoms with Gasteiger partial charge in [-0.05, 0) is 24.6 Å². The molecule has 31 heavy (non-hydrogen) atoms. The van der Waals surface area contributed by atoms with Crippen LogP contribution >= 0.6 is 0 Å². The number of benzene rings is 1. The van der Waals surface area contributed by atoms with Crippen LogP contribution in [-0.2, 0) is 30.5 Å². The number of primary amides is 1. The molecular weight excluding hydrogens is 412 g/mol. The first kappa shape index (κ1) is 24.1. The zero-order chi connectivity index (χ0) is 23.0. The Balaban J connectivity index is 2.17. The van der Waals surface area contributed by atoms with Crippen LogP contribution in [-0.4, -0.2) is 60.4 Å². The number of amides is 3. The van der Waals surface area contributed by atoms with Crippen molar-refractivity contribution in [2.45, 2.75) is 44.9 Å². The number of Topliss-reactive ketones (excluding diaryl/α,β-unsaturated/α-hetero) is 1. The second kappa shape index (κ2) is 11.2. The molecule has 3 unspecified atom stereocenters. The van der Waals surface area contributed by atoms with E-state index in [4.69, 9.17) is 25.7 Å². The number of aliphatic hydroxyl groups excluding tert-OH is 1. The summed E-state index contributed by atoms with van der Waals surface area (Å²) in [4.78, 5) is 45.9. The summed E-state index contributed by atoms with van der Waals surface area (Å²) in [6.45, 7) is 0.616. The number of nitrogens with one attached hydrogen (secondary N) is 2. The van der Waals surface area contributed by atoms with Crippen molar-refractivity contribution in [3.63, 3.8) is 0 Å². The summed E-state index contributed by atoms with van der Waals surface area (Å²) in [6, 6.07) is 4.56. The van der Waals surface area contributed by atoms with Gasteiger partial charge in [0, 0.05) is 12.8 Å². The number of aliphatic hydroxyl groups is 1. The van der Waals surface area contributed by atoms with E-state index in [1.54, 1.807) is 6.07 Å². The van der Waals surface area contributed by atoms with Crippen molar-refractivity contribution in [1.82, 2.24) is 5.32 Å². The van der Waals surface area contributed by atoms with Gasteiger partial charge in [0.1, 0.15) is 18.5 Å². The summed E-state index contributed by atoms with van der Waals surface area (Å²) < 4.78 is 16.1. The molecule has 3 atom stereocenters. The molecule has 0 aromatic heterocycles. The highest BCUT2D eigenvalue weighted by atomic mass is 16.7. The zero-order valence-corrected chi connectivity index (χ0v) is 17.0. The van der Waals surface area contributed by atoms with Gasteiger partial charge in [-0.15, -0.1) is 0 Å². The maximum absolute atomic E-state index is 12.2. The zero-order valence-electron chi connectivity index (χ0n) is 17.0. The molecule has 0 bridgehead atoms. The molecule has 3 amide bonds. The molecular formula is C19H26N4O8. The monoisotopic (exact) mass is 438 g/mol. The fourth-order valence-corrected chi connectivity index (χ4v) is 2.81. The van der Waals surface area contributed by atoms with Crippen molar-refractivity contribution in [2.75, 3.05) is 18.4 Å². The number of rotatable bonds is 9. The van der Waals surface area contributed by atoms with E-state index in [0.29, 0.717) is 5.56 Å². The third kappa shape index (κ3) is 7.85. The molecule has 1 saturated heterocycles. The summed E-state index contributed by atoms with van der Waals surface area (Å²) in [7, 11) is 0. The highest BCUT2D eigenvalue weighted by Gasteiger charge is 2.32. The molecule has 12 nitrogen and oxygen atoms in total. The quantitative estimate of drug-likeness (QED) is 0.326. The lowest BCUT2D eigenvalue weighted by atomic mass is 10.0. The van der Waals surface area contributed by atoms with Crippen LogP contribution in [0.2, 0.25) is 0 Å². The second-order valence-corrected chi connectivity index (χ2v) is 6.88. The third-order valence-corrected chi connectivity index (χ3v) is 4.31. The molecule has 2 rings (SSSR count). The molecule has 1 aromatic rings. The predicted molar refractivity (Wildman–Crippen MR) is 107 cm³/mol. The Bertz CT molecular complexity index is 831. The van der Waals surface area contributed by atoms with E-state index in [0.717, 1.165) is 0 Å². The van der Waals surface area contributed by atoms with Gasteiger partial charge in [-0.25, -0.2) is 4.79 Å². The number of ether oxygens (including phenoxy) is 3. The summed E-state index contributed by atoms with van der Waals surface area (Å²) in [5.41, 5.74) is 10.9. The molecule has 1 aromatic carbocycles. The van der Waals surface area contributed by atoms with Crippen molar-refractivity contribution in [2.24, 2.45) is 11.5 Å². The van der Waals surface area contributed by atoms with Gasteiger partial charge in [0.05, 0.1) is 24.9 Å². The first-order chi connectivity index (χ1) is 14.7. The maximum atomic E-state index is 12.2. The minimum atomic E-state index is -0.963. The number of carbonyl (C=O) groups excluding carboxylic acids is 4. The molecule has 1 heterocycles. The number of hydrogen-bond donors (Lipinski definition) is 5. The van der Waals surface area contributed by atoms with Crippen LogP contribution in [0.4, 0.5) is 10.5 Å². The molecule has 0 saturated carbocycles. The molecule has 1 fully saturated rings.